The zero-order valence-electron chi connectivity index (χ0n) is 14.9. The third-order valence-corrected chi connectivity index (χ3v) is 4.33. The molecule has 0 bridgehead atoms. The Kier molecular flexibility index (Phi) is 5.98. The summed E-state index contributed by atoms with van der Waals surface area (Å²) >= 11 is 0. The molecule has 2 amide bonds. The molecule has 0 radical (unpaired) electrons. The van der Waals surface area contributed by atoms with Crippen molar-refractivity contribution >= 4 is 23.4 Å². The number of para-hydroxylation sites is 1. The van der Waals surface area contributed by atoms with Gasteiger partial charge in [-0.25, -0.2) is 14.8 Å². The van der Waals surface area contributed by atoms with E-state index in [0.29, 0.717) is 18.2 Å². The van der Waals surface area contributed by atoms with Crippen molar-refractivity contribution in [3.8, 4) is 0 Å². The van der Waals surface area contributed by atoms with Gasteiger partial charge in [-0.2, -0.15) is 0 Å². The van der Waals surface area contributed by atoms with Crippen LogP contribution >= 0.6 is 0 Å². The van der Waals surface area contributed by atoms with Crippen molar-refractivity contribution in [2.45, 2.75) is 6.92 Å². The molecule has 1 saturated heterocycles. The number of carbonyl (C=O) groups excluding carboxylic acids is 1. The number of urea groups is 1. The number of morpholine rings is 1. The van der Waals surface area contributed by atoms with Crippen LogP contribution in [-0.2, 0) is 4.74 Å². The highest BCUT2D eigenvalue weighted by Gasteiger charge is 2.20. The maximum absolute atomic E-state index is 12.9. The van der Waals surface area contributed by atoms with Gasteiger partial charge in [-0.3, -0.25) is 9.80 Å². The zero-order valence-corrected chi connectivity index (χ0v) is 14.9. The van der Waals surface area contributed by atoms with Crippen molar-refractivity contribution in [1.82, 2.24) is 14.9 Å². The Morgan fingerprint density at radius 1 is 1.31 bits per heavy atom. The first-order valence-electron chi connectivity index (χ1n) is 8.65. The predicted molar refractivity (Wildman–Crippen MR) is 101 cm³/mol. The van der Waals surface area contributed by atoms with Gasteiger partial charge in [0.15, 0.2) is 0 Å². The van der Waals surface area contributed by atoms with Gasteiger partial charge < -0.3 is 15.8 Å². The lowest BCUT2D eigenvalue weighted by Gasteiger charge is -2.29. The molecular weight excluding hydrogens is 332 g/mol. The molecule has 3 N–H and O–H groups in total. The van der Waals surface area contributed by atoms with Crippen LogP contribution in [0.5, 0.6) is 0 Å². The first-order valence-corrected chi connectivity index (χ1v) is 8.65. The van der Waals surface area contributed by atoms with Crippen molar-refractivity contribution in [3.63, 3.8) is 0 Å². The number of nitrogens with two attached hydrogens (primary N) is 1. The van der Waals surface area contributed by atoms with E-state index < -0.39 is 0 Å². The summed E-state index contributed by atoms with van der Waals surface area (Å²) in [4.78, 5) is 24.9. The minimum atomic E-state index is -0.245. The molecule has 0 spiro atoms. The van der Waals surface area contributed by atoms with Crippen LogP contribution in [0.4, 0.5) is 22.1 Å². The molecule has 1 aliphatic rings. The SMILES string of the molecule is Cc1ccccc1NC(=O)N(CCN1CCOCC1)c1cc(N)ncn1. The molecule has 2 aromatic rings. The van der Waals surface area contributed by atoms with Crippen LogP contribution in [0.15, 0.2) is 36.7 Å². The number of hydrogen-bond acceptors (Lipinski definition) is 6. The average Bonchev–Trinajstić information content (AvgIpc) is 2.65. The van der Waals surface area contributed by atoms with Crippen LogP contribution in [-0.4, -0.2) is 60.3 Å². The van der Waals surface area contributed by atoms with E-state index in [1.165, 1.54) is 6.33 Å². The lowest BCUT2D eigenvalue weighted by atomic mass is 10.2. The van der Waals surface area contributed by atoms with E-state index in [4.69, 9.17) is 10.5 Å². The first-order chi connectivity index (χ1) is 12.6. The average molecular weight is 356 g/mol. The summed E-state index contributed by atoms with van der Waals surface area (Å²) in [5.74, 6) is 0.812. The Bertz CT molecular complexity index is 748. The molecule has 8 nitrogen and oxygen atoms in total. The number of nitrogens with one attached hydrogen (secondary N) is 1. The van der Waals surface area contributed by atoms with Crippen LogP contribution in [0.2, 0.25) is 0 Å². The summed E-state index contributed by atoms with van der Waals surface area (Å²) in [5.41, 5.74) is 7.55. The third-order valence-electron chi connectivity index (χ3n) is 4.33. The molecule has 0 aliphatic carbocycles. The number of carbonyl (C=O) groups is 1. The Labute approximate surface area is 153 Å². The number of aryl methyl sites for hydroxylation is 1. The largest absolute Gasteiger partial charge is 0.384 e. The number of hydrogen-bond donors (Lipinski definition) is 2. The van der Waals surface area contributed by atoms with Crippen molar-refractivity contribution in [2.75, 3.05) is 55.3 Å². The van der Waals surface area contributed by atoms with Crippen molar-refractivity contribution in [3.05, 3.63) is 42.2 Å². The van der Waals surface area contributed by atoms with Crippen LogP contribution in [0.1, 0.15) is 5.56 Å². The van der Waals surface area contributed by atoms with Crippen LogP contribution in [0.25, 0.3) is 0 Å². The molecular formula is C18H24N6O2. The van der Waals surface area contributed by atoms with Gasteiger partial charge in [0.25, 0.3) is 0 Å². The van der Waals surface area contributed by atoms with Gasteiger partial charge in [0.05, 0.1) is 13.2 Å². The first kappa shape index (κ1) is 18.1. The summed E-state index contributed by atoms with van der Waals surface area (Å²) in [6.07, 6.45) is 1.37. The van der Waals surface area contributed by atoms with E-state index in [-0.39, 0.29) is 6.03 Å². The summed E-state index contributed by atoms with van der Waals surface area (Å²) in [5, 5.41) is 2.96. The second kappa shape index (κ2) is 8.59. The highest BCUT2D eigenvalue weighted by Crippen LogP contribution is 2.17. The van der Waals surface area contributed by atoms with Gasteiger partial charge in [0.2, 0.25) is 0 Å². The molecule has 0 saturated carbocycles. The lowest BCUT2D eigenvalue weighted by Crippen LogP contribution is -2.44. The Hall–Kier alpha value is -2.71. The van der Waals surface area contributed by atoms with E-state index in [9.17, 15) is 4.79 Å². The minimum Gasteiger partial charge on any atom is -0.384 e. The maximum Gasteiger partial charge on any atom is 0.327 e. The molecule has 1 fully saturated rings. The maximum atomic E-state index is 12.9. The van der Waals surface area contributed by atoms with Crippen molar-refractivity contribution < 1.29 is 9.53 Å². The zero-order chi connectivity index (χ0) is 18.4. The van der Waals surface area contributed by atoms with E-state index in [1.807, 2.05) is 31.2 Å². The van der Waals surface area contributed by atoms with Gasteiger partial charge in [-0.05, 0) is 18.6 Å². The standard InChI is InChI=1S/C18H24N6O2/c1-14-4-2-3-5-15(14)22-18(25)24(17-12-16(19)20-13-21-17)7-6-23-8-10-26-11-9-23/h2-5,12-13H,6-11H2,1H3,(H,22,25)(H2,19,20,21). The molecule has 8 heteroatoms. The summed E-state index contributed by atoms with van der Waals surface area (Å²) < 4.78 is 5.37. The van der Waals surface area contributed by atoms with Crippen molar-refractivity contribution in [2.24, 2.45) is 0 Å². The van der Waals surface area contributed by atoms with Crippen molar-refractivity contribution in [1.29, 1.82) is 0 Å². The highest BCUT2D eigenvalue weighted by atomic mass is 16.5. The fourth-order valence-electron chi connectivity index (χ4n) is 2.79. The number of anilines is 3. The molecule has 26 heavy (non-hydrogen) atoms. The molecule has 1 aliphatic heterocycles. The summed E-state index contributed by atoms with van der Waals surface area (Å²) in [7, 11) is 0. The summed E-state index contributed by atoms with van der Waals surface area (Å²) in [6.45, 7) is 6.34. The van der Waals surface area contributed by atoms with E-state index in [2.05, 4.69) is 20.2 Å². The van der Waals surface area contributed by atoms with E-state index in [0.717, 1.165) is 44.1 Å². The second-order valence-electron chi connectivity index (χ2n) is 6.15. The van der Waals surface area contributed by atoms with Crippen LogP contribution in [0.3, 0.4) is 0 Å². The molecule has 138 valence electrons. The fraction of sp³-hybridized carbons (Fsp3) is 0.389. The van der Waals surface area contributed by atoms with Crippen LogP contribution < -0.4 is 16.0 Å². The fourth-order valence-corrected chi connectivity index (χ4v) is 2.79. The summed E-state index contributed by atoms with van der Waals surface area (Å²) in [6, 6.07) is 9.02. The van der Waals surface area contributed by atoms with Gasteiger partial charge in [-0.15, -0.1) is 0 Å². The van der Waals surface area contributed by atoms with Gasteiger partial charge in [-0.1, -0.05) is 18.2 Å². The topological polar surface area (TPSA) is 96.6 Å². The number of ether oxygens (including phenoxy) is 1. The Morgan fingerprint density at radius 3 is 2.81 bits per heavy atom. The van der Waals surface area contributed by atoms with Gasteiger partial charge in [0.1, 0.15) is 18.0 Å². The number of nitrogens with zero attached hydrogens (tertiary/aromatic N) is 4. The minimum absolute atomic E-state index is 0.245. The molecule has 3 rings (SSSR count). The van der Waals surface area contributed by atoms with Crippen LogP contribution in [0, 0.1) is 6.92 Å². The van der Waals surface area contributed by atoms with E-state index >= 15 is 0 Å². The lowest BCUT2D eigenvalue weighted by molar-refractivity contribution is 0.0393. The molecule has 1 aromatic heterocycles. The Balaban J connectivity index is 1.75. The smallest absolute Gasteiger partial charge is 0.327 e. The monoisotopic (exact) mass is 356 g/mol. The van der Waals surface area contributed by atoms with Gasteiger partial charge >= 0.3 is 6.03 Å². The predicted octanol–water partition coefficient (Wildman–Crippen LogP) is 1.74. The number of rotatable bonds is 5. The Morgan fingerprint density at radius 2 is 2.08 bits per heavy atom. The number of aromatic nitrogens is 2. The second-order valence-corrected chi connectivity index (χ2v) is 6.15. The van der Waals surface area contributed by atoms with E-state index in [1.54, 1.807) is 11.0 Å². The quantitative estimate of drug-likeness (QED) is 0.847. The molecule has 1 aromatic carbocycles. The normalized spacial score (nSPS) is 14.8. The third kappa shape index (κ3) is 4.68. The molecule has 2 heterocycles. The molecule has 0 atom stereocenters. The number of benzene rings is 1. The number of amides is 2. The number of nitrogen functional groups attached to an aromatic ring is 1. The molecule has 0 unspecified atom stereocenters. The van der Waals surface area contributed by atoms with Gasteiger partial charge in [0, 0.05) is 37.9 Å². The highest BCUT2D eigenvalue weighted by molar-refractivity contribution is 6.01.